The zero-order chi connectivity index (χ0) is 18.8. The maximum absolute atomic E-state index is 12.6. The second-order valence-corrected chi connectivity index (χ2v) is 7.53. The standard InChI is InChI=1S/C20H28N2O4/c1-12-7-16-13(2)5-6-21-19(16)17(8-12)20(24)25-11-18(23)22-9-14(3)26-15(4)10-22/h7-8,13-15,21H,5-6,9-11H2,1-4H3/t13-,14-,15-/m0/s1. The molecule has 2 aliphatic heterocycles. The Morgan fingerprint density at radius 3 is 2.62 bits per heavy atom. The summed E-state index contributed by atoms with van der Waals surface area (Å²) >= 11 is 0. The molecular formula is C20H28N2O4. The van der Waals surface area contributed by atoms with E-state index in [9.17, 15) is 9.59 Å². The largest absolute Gasteiger partial charge is 0.452 e. The van der Waals surface area contributed by atoms with Crippen molar-refractivity contribution in [2.24, 2.45) is 0 Å². The summed E-state index contributed by atoms with van der Waals surface area (Å²) in [6.07, 6.45) is 1.03. The molecule has 1 amide bonds. The van der Waals surface area contributed by atoms with Crippen molar-refractivity contribution in [2.45, 2.75) is 52.2 Å². The van der Waals surface area contributed by atoms with Crippen LogP contribution in [0.15, 0.2) is 12.1 Å². The quantitative estimate of drug-likeness (QED) is 0.840. The molecule has 142 valence electrons. The van der Waals surface area contributed by atoms with Gasteiger partial charge in [-0.05, 0) is 50.3 Å². The Morgan fingerprint density at radius 1 is 1.23 bits per heavy atom. The van der Waals surface area contributed by atoms with Gasteiger partial charge in [0.15, 0.2) is 6.61 Å². The van der Waals surface area contributed by atoms with Gasteiger partial charge in [-0.2, -0.15) is 0 Å². The Bertz CT molecular complexity index is 693. The van der Waals surface area contributed by atoms with Crippen molar-refractivity contribution >= 4 is 17.6 Å². The summed E-state index contributed by atoms with van der Waals surface area (Å²) in [7, 11) is 0. The lowest BCUT2D eigenvalue weighted by Gasteiger charge is -2.35. The third-order valence-electron chi connectivity index (χ3n) is 5.04. The van der Waals surface area contributed by atoms with Gasteiger partial charge in [0.1, 0.15) is 0 Å². The van der Waals surface area contributed by atoms with Gasteiger partial charge in [0, 0.05) is 19.6 Å². The average Bonchev–Trinajstić information content (AvgIpc) is 2.58. The molecule has 6 heteroatoms. The summed E-state index contributed by atoms with van der Waals surface area (Å²) in [6.45, 7) is 9.66. The number of carbonyl (C=O) groups is 2. The fraction of sp³-hybridized carbons (Fsp3) is 0.600. The van der Waals surface area contributed by atoms with Gasteiger partial charge in [-0.3, -0.25) is 4.79 Å². The third kappa shape index (κ3) is 4.01. The smallest absolute Gasteiger partial charge is 0.340 e. The first-order valence-corrected chi connectivity index (χ1v) is 9.34. The van der Waals surface area contributed by atoms with Gasteiger partial charge in [0.05, 0.1) is 23.5 Å². The Balaban J connectivity index is 1.68. The van der Waals surface area contributed by atoms with Crippen molar-refractivity contribution in [3.63, 3.8) is 0 Å². The Labute approximate surface area is 154 Å². The molecule has 1 aromatic carbocycles. The number of anilines is 1. The van der Waals surface area contributed by atoms with Gasteiger partial charge in [0.2, 0.25) is 0 Å². The number of aryl methyl sites for hydroxylation is 1. The summed E-state index contributed by atoms with van der Waals surface area (Å²) in [5.41, 5.74) is 3.53. The van der Waals surface area contributed by atoms with Crippen LogP contribution in [-0.2, 0) is 14.3 Å². The van der Waals surface area contributed by atoms with Crippen molar-refractivity contribution in [1.29, 1.82) is 0 Å². The SMILES string of the molecule is Cc1cc(C(=O)OCC(=O)N2C[C@H](C)O[C@@H](C)C2)c2c(c1)[C@@H](C)CCN2. The van der Waals surface area contributed by atoms with Crippen LogP contribution in [0.5, 0.6) is 0 Å². The van der Waals surface area contributed by atoms with Crippen LogP contribution in [0.1, 0.15) is 54.6 Å². The summed E-state index contributed by atoms with van der Waals surface area (Å²) in [4.78, 5) is 26.8. The Morgan fingerprint density at radius 2 is 1.92 bits per heavy atom. The highest BCUT2D eigenvalue weighted by molar-refractivity contribution is 5.98. The first kappa shape index (κ1) is 18.7. The lowest BCUT2D eigenvalue weighted by Crippen LogP contribution is -2.49. The summed E-state index contributed by atoms with van der Waals surface area (Å²) in [5.74, 6) is -0.229. The third-order valence-corrected chi connectivity index (χ3v) is 5.04. The fourth-order valence-corrected chi connectivity index (χ4v) is 3.81. The molecule has 0 spiro atoms. The highest BCUT2D eigenvalue weighted by Crippen LogP contribution is 2.35. The molecule has 1 saturated heterocycles. The van der Waals surface area contributed by atoms with E-state index in [4.69, 9.17) is 9.47 Å². The number of hydrogen-bond acceptors (Lipinski definition) is 5. The van der Waals surface area contributed by atoms with Crippen molar-refractivity contribution in [3.8, 4) is 0 Å². The van der Waals surface area contributed by atoms with E-state index in [1.165, 1.54) is 0 Å². The highest BCUT2D eigenvalue weighted by Gasteiger charge is 2.28. The molecule has 1 fully saturated rings. The van der Waals surface area contributed by atoms with Gasteiger partial charge in [-0.15, -0.1) is 0 Å². The van der Waals surface area contributed by atoms with Gasteiger partial charge < -0.3 is 19.7 Å². The van der Waals surface area contributed by atoms with Gasteiger partial charge >= 0.3 is 5.97 Å². The van der Waals surface area contributed by atoms with E-state index in [0.29, 0.717) is 24.6 Å². The van der Waals surface area contributed by atoms with Crippen LogP contribution >= 0.6 is 0 Å². The van der Waals surface area contributed by atoms with E-state index in [-0.39, 0.29) is 24.7 Å². The summed E-state index contributed by atoms with van der Waals surface area (Å²) in [6, 6.07) is 3.94. The lowest BCUT2D eigenvalue weighted by molar-refractivity contribution is -0.146. The van der Waals surface area contributed by atoms with Crippen LogP contribution in [-0.4, -0.2) is 55.2 Å². The molecule has 0 aliphatic carbocycles. The molecular weight excluding hydrogens is 332 g/mol. The maximum Gasteiger partial charge on any atom is 0.340 e. The van der Waals surface area contributed by atoms with Crippen LogP contribution in [0.3, 0.4) is 0 Å². The first-order valence-electron chi connectivity index (χ1n) is 9.34. The van der Waals surface area contributed by atoms with E-state index in [1.54, 1.807) is 4.90 Å². The number of esters is 1. The van der Waals surface area contributed by atoms with Crippen LogP contribution < -0.4 is 5.32 Å². The Hall–Kier alpha value is -2.08. The van der Waals surface area contributed by atoms with E-state index in [2.05, 4.69) is 18.3 Å². The molecule has 3 atom stereocenters. The topological polar surface area (TPSA) is 67.9 Å². The highest BCUT2D eigenvalue weighted by atomic mass is 16.5. The van der Waals surface area contributed by atoms with Crippen molar-refractivity contribution in [2.75, 3.05) is 31.6 Å². The monoisotopic (exact) mass is 360 g/mol. The molecule has 0 radical (unpaired) electrons. The molecule has 0 saturated carbocycles. The number of benzene rings is 1. The molecule has 26 heavy (non-hydrogen) atoms. The van der Waals surface area contributed by atoms with Crippen molar-refractivity contribution in [3.05, 3.63) is 28.8 Å². The summed E-state index contributed by atoms with van der Waals surface area (Å²) < 4.78 is 11.0. The molecule has 2 aliphatic rings. The average molecular weight is 360 g/mol. The predicted octanol–water partition coefficient (Wildman–Crippen LogP) is 2.71. The first-order chi connectivity index (χ1) is 12.3. The zero-order valence-electron chi connectivity index (χ0n) is 16.0. The minimum absolute atomic E-state index is 0.00659. The molecule has 1 aromatic rings. The zero-order valence-corrected chi connectivity index (χ0v) is 16.0. The van der Waals surface area contributed by atoms with Crippen LogP contribution in [0.25, 0.3) is 0 Å². The molecule has 1 N–H and O–H groups in total. The number of amides is 1. The van der Waals surface area contributed by atoms with Gasteiger partial charge in [-0.1, -0.05) is 13.0 Å². The number of nitrogens with zero attached hydrogens (tertiary/aromatic N) is 1. The molecule has 2 heterocycles. The number of carbonyl (C=O) groups excluding carboxylic acids is 2. The van der Waals surface area contributed by atoms with E-state index < -0.39 is 5.97 Å². The number of rotatable bonds is 3. The van der Waals surface area contributed by atoms with Gasteiger partial charge in [-0.25, -0.2) is 4.79 Å². The molecule has 6 nitrogen and oxygen atoms in total. The van der Waals surface area contributed by atoms with E-state index in [1.807, 2.05) is 26.8 Å². The number of nitrogens with one attached hydrogen (secondary N) is 1. The molecule has 0 unspecified atom stereocenters. The number of hydrogen-bond donors (Lipinski definition) is 1. The molecule has 0 bridgehead atoms. The minimum Gasteiger partial charge on any atom is -0.452 e. The number of ether oxygens (including phenoxy) is 2. The van der Waals surface area contributed by atoms with Crippen molar-refractivity contribution < 1.29 is 19.1 Å². The normalized spacial score (nSPS) is 25.2. The van der Waals surface area contributed by atoms with Crippen molar-refractivity contribution in [1.82, 2.24) is 4.90 Å². The lowest BCUT2D eigenvalue weighted by atomic mass is 9.89. The second kappa shape index (κ2) is 7.66. The Kier molecular flexibility index (Phi) is 5.51. The molecule has 3 rings (SSSR count). The fourth-order valence-electron chi connectivity index (χ4n) is 3.81. The van der Waals surface area contributed by atoms with Crippen LogP contribution in [0.4, 0.5) is 5.69 Å². The van der Waals surface area contributed by atoms with E-state index in [0.717, 1.165) is 29.8 Å². The predicted molar refractivity (Wildman–Crippen MR) is 99.6 cm³/mol. The summed E-state index contributed by atoms with van der Waals surface area (Å²) in [5, 5.41) is 3.32. The number of fused-ring (bicyclic) bond motifs is 1. The molecule has 0 aromatic heterocycles. The van der Waals surface area contributed by atoms with Gasteiger partial charge in [0.25, 0.3) is 5.91 Å². The minimum atomic E-state index is -0.450. The van der Waals surface area contributed by atoms with Crippen LogP contribution in [0, 0.1) is 6.92 Å². The maximum atomic E-state index is 12.6. The van der Waals surface area contributed by atoms with Crippen LogP contribution in [0.2, 0.25) is 0 Å². The van der Waals surface area contributed by atoms with E-state index >= 15 is 0 Å². The second-order valence-electron chi connectivity index (χ2n) is 7.53. The number of morpholine rings is 1.